The van der Waals surface area contributed by atoms with Gasteiger partial charge in [-0.05, 0) is 19.8 Å². The molecule has 1 aliphatic rings. The molecule has 2 heteroatoms. The molecule has 3 atom stereocenters. The molecule has 12 heavy (non-hydrogen) atoms. The van der Waals surface area contributed by atoms with Crippen LogP contribution in [0.5, 0.6) is 0 Å². The van der Waals surface area contributed by atoms with Crippen LogP contribution >= 0.6 is 0 Å². The van der Waals surface area contributed by atoms with Gasteiger partial charge in [-0.3, -0.25) is 4.90 Å². The lowest BCUT2D eigenvalue weighted by Gasteiger charge is -2.27. The molecule has 0 spiro atoms. The van der Waals surface area contributed by atoms with Crippen LogP contribution < -0.4 is 5.73 Å². The molecule has 0 aromatic heterocycles. The lowest BCUT2D eigenvalue weighted by Crippen LogP contribution is -2.42. The molecule has 2 N–H and O–H groups in total. The molecule has 1 saturated heterocycles. The maximum Gasteiger partial charge on any atom is 0.0712 e. The Labute approximate surface area is 75.1 Å². The molecule has 1 aliphatic heterocycles. The molecule has 1 fully saturated rings. The maximum atomic E-state index is 5.91. The van der Waals surface area contributed by atoms with E-state index in [0.717, 1.165) is 19.4 Å². The number of terminal acetylenes is 1. The van der Waals surface area contributed by atoms with E-state index in [0.29, 0.717) is 12.1 Å². The summed E-state index contributed by atoms with van der Waals surface area (Å²) in [5.74, 6) is 2.82. The fraction of sp³-hybridized carbons (Fsp3) is 0.800. The second kappa shape index (κ2) is 3.93. The van der Waals surface area contributed by atoms with Crippen LogP contribution in [0.3, 0.4) is 0 Å². The molecule has 68 valence electrons. The molecule has 0 radical (unpaired) electrons. The quantitative estimate of drug-likeness (QED) is 0.615. The number of nitrogens with two attached hydrogens (primary N) is 1. The van der Waals surface area contributed by atoms with E-state index in [1.54, 1.807) is 0 Å². The summed E-state index contributed by atoms with van der Waals surface area (Å²) in [6.07, 6.45) is 7.54. The zero-order chi connectivity index (χ0) is 9.14. The minimum Gasteiger partial charge on any atom is -0.326 e. The van der Waals surface area contributed by atoms with Crippen molar-refractivity contribution in [1.29, 1.82) is 0 Å². The highest BCUT2D eigenvalue weighted by atomic mass is 15.2. The van der Waals surface area contributed by atoms with Crippen LogP contribution in [0, 0.1) is 12.3 Å². The molecule has 0 aromatic carbocycles. The first-order valence-corrected chi connectivity index (χ1v) is 4.68. The van der Waals surface area contributed by atoms with Gasteiger partial charge in [0.25, 0.3) is 0 Å². The van der Waals surface area contributed by atoms with Crippen molar-refractivity contribution in [2.75, 3.05) is 6.54 Å². The third-order valence-corrected chi connectivity index (χ3v) is 2.84. The van der Waals surface area contributed by atoms with E-state index < -0.39 is 0 Å². The van der Waals surface area contributed by atoms with Crippen LogP contribution in [0.25, 0.3) is 0 Å². The molecule has 0 bridgehead atoms. The number of rotatable bonds is 2. The van der Waals surface area contributed by atoms with Crippen molar-refractivity contribution in [2.45, 2.75) is 44.8 Å². The van der Waals surface area contributed by atoms with Crippen molar-refractivity contribution >= 4 is 0 Å². The van der Waals surface area contributed by atoms with Crippen molar-refractivity contribution in [1.82, 2.24) is 4.90 Å². The molecular formula is C10H18N2. The Balaban J connectivity index is 2.59. The van der Waals surface area contributed by atoms with Crippen LogP contribution in [-0.4, -0.2) is 29.6 Å². The van der Waals surface area contributed by atoms with Crippen LogP contribution in [0.1, 0.15) is 26.7 Å². The van der Waals surface area contributed by atoms with Crippen LogP contribution in [0.4, 0.5) is 0 Å². The topological polar surface area (TPSA) is 29.3 Å². The highest BCUT2D eigenvalue weighted by Crippen LogP contribution is 2.19. The van der Waals surface area contributed by atoms with Gasteiger partial charge in [-0.2, -0.15) is 0 Å². The first-order valence-electron chi connectivity index (χ1n) is 4.68. The summed E-state index contributed by atoms with van der Waals surface area (Å²) in [6, 6.07) is 1.05. The molecular weight excluding hydrogens is 148 g/mol. The fourth-order valence-corrected chi connectivity index (χ4v) is 1.88. The summed E-state index contributed by atoms with van der Waals surface area (Å²) in [5, 5.41) is 0. The van der Waals surface area contributed by atoms with E-state index in [2.05, 4.69) is 24.7 Å². The number of likely N-dealkylation sites (tertiary alicyclic amines) is 1. The normalized spacial score (nSPS) is 33.2. The Bertz CT molecular complexity index is 183. The van der Waals surface area contributed by atoms with Crippen LogP contribution in [-0.2, 0) is 0 Å². The smallest absolute Gasteiger partial charge is 0.0712 e. The van der Waals surface area contributed by atoms with E-state index in [4.69, 9.17) is 12.2 Å². The first kappa shape index (κ1) is 9.57. The van der Waals surface area contributed by atoms with E-state index in [1.807, 2.05) is 0 Å². The zero-order valence-corrected chi connectivity index (χ0v) is 7.96. The molecule has 3 unspecified atom stereocenters. The summed E-state index contributed by atoms with van der Waals surface area (Å²) >= 11 is 0. The Morgan fingerprint density at radius 3 is 2.75 bits per heavy atom. The summed E-state index contributed by atoms with van der Waals surface area (Å²) in [6.45, 7) is 5.35. The average molecular weight is 166 g/mol. The molecule has 1 rings (SSSR count). The van der Waals surface area contributed by atoms with Gasteiger partial charge < -0.3 is 5.73 Å². The summed E-state index contributed by atoms with van der Waals surface area (Å²) in [5.41, 5.74) is 5.91. The second-order valence-electron chi connectivity index (χ2n) is 3.52. The molecule has 2 nitrogen and oxygen atoms in total. The molecule has 0 saturated carbocycles. The lowest BCUT2D eigenvalue weighted by atomic mass is 10.1. The van der Waals surface area contributed by atoms with Gasteiger partial charge in [-0.25, -0.2) is 0 Å². The zero-order valence-electron chi connectivity index (χ0n) is 7.96. The summed E-state index contributed by atoms with van der Waals surface area (Å²) < 4.78 is 0. The van der Waals surface area contributed by atoms with E-state index in [9.17, 15) is 0 Å². The van der Waals surface area contributed by atoms with E-state index in [1.165, 1.54) is 0 Å². The molecule has 0 amide bonds. The Hall–Kier alpha value is -0.520. The molecule has 0 aromatic rings. The minimum atomic E-state index is 0.286. The maximum absolute atomic E-state index is 5.91. The SMILES string of the molecule is C#CC(CC)N1CCC(N)C1C. The Morgan fingerprint density at radius 2 is 2.42 bits per heavy atom. The number of hydrogen-bond donors (Lipinski definition) is 1. The fourth-order valence-electron chi connectivity index (χ4n) is 1.88. The predicted octanol–water partition coefficient (Wildman–Crippen LogP) is 0.820. The van der Waals surface area contributed by atoms with Crippen molar-refractivity contribution in [3.8, 4) is 12.3 Å². The van der Waals surface area contributed by atoms with Crippen molar-refractivity contribution in [3.05, 3.63) is 0 Å². The Morgan fingerprint density at radius 1 is 1.75 bits per heavy atom. The molecule has 1 heterocycles. The standard InChI is InChI=1S/C10H18N2/c1-4-9(5-2)12-7-6-10(11)8(12)3/h1,8-10H,5-7,11H2,2-3H3. The minimum absolute atomic E-state index is 0.286. The molecule has 0 aliphatic carbocycles. The van der Waals surface area contributed by atoms with Gasteiger partial charge in [0.1, 0.15) is 0 Å². The van der Waals surface area contributed by atoms with E-state index in [-0.39, 0.29) is 6.04 Å². The largest absolute Gasteiger partial charge is 0.326 e. The van der Waals surface area contributed by atoms with Crippen molar-refractivity contribution in [2.24, 2.45) is 5.73 Å². The van der Waals surface area contributed by atoms with Gasteiger partial charge in [0, 0.05) is 18.6 Å². The van der Waals surface area contributed by atoms with Gasteiger partial charge in [0.2, 0.25) is 0 Å². The predicted molar refractivity (Wildman–Crippen MR) is 51.7 cm³/mol. The first-order chi connectivity index (χ1) is 5.70. The third kappa shape index (κ3) is 1.63. The van der Waals surface area contributed by atoms with Gasteiger partial charge >= 0.3 is 0 Å². The summed E-state index contributed by atoms with van der Waals surface area (Å²) in [7, 11) is 0. The monoisotopic (exact) mass is 166 g/mol. The third-order valence-electron chi connectivity index (χ3n) is 2.84. The van der Waals surface area contributed by atoms with Gasteiger partial charge in [0.05, 0.1) is 6.04 Å². The second-order valence-corrected chi connectivity index (χ2v) is 3.52. The average Bonchev–Trinajstić information content (AvgIpc) is 2.38. The lowest BCUT2D eigenvalue weighted by molar-refractivity contribution is 0.218. The van der Waals surface area contributed by atoms with Crippen LogP contribution in [0.2, 0.25) is 0 Å². The van der Waals surface area contributed by atoms with E-state index >= 15 is 0 Å². The van der Waals surface area contributed by atoms with Gasteiger partial charge in [0.15, 0.2) is 0 Å². The van der Waals surface area contributed by atoms with Crippen molar-refractivity contribution < 1.29 is 0 Å². The van der Waals surface area contributed by atoms with Crippen LogP contribution in [0.15, 0.2) is 0 Å². The summed E-state index contributed by atoms with van der Waals surface area (Å²) in [4.78, 5) is 2.34. The highest BCUT2D eigenvalue weighted by Gasteiger charge is 2.31. The van der Waals surface area contributed by atoms with Gasteiger partial charge in [-0.15, -0.1) is 6.42 Å². The van der Waals surface area contributed by atoms with Gasteiger partial charge in [-0.1, -0.05) is 12.8 Å². The Kier molecular flexibility index (Phi) is 3.13. The number of hydrogen-bond acceptors (Lipinski definition) is 2. The van der Waals surface area contributed by atoms with Crippen molar-refractivity contribution in [3.63, 3.8) is 0 Å². The highest BCUT2D eigenvalue weighted by molar-refractivity contribution is 5.03. The number of nitrogens with zero attached hydrogens (tertiary/aromatic N) is 1.